The summed E-state index contributed by atoms with van der Waals surface area (Å²) in [5, 5.41) is 0. The van der Waals surface area contributed by atoms with Gasteiger partial charge in [0.05, 0.1) is 4.47 Å². The van der Waals surface area contributed by atoms with Gasteiger partial charge < -0.3 is 4.98 Å². The number of hydrogen-bond donors (Lipinski definition) is 1. The Labute approximate surface area is 139 Å². The number of hydrogen-bond acceptors (Lipinski definition) is 2. The van der Waals surface area contributed by atoms with Gasteiger partial charge in [-0.25, -0.2) is 4.98 Å². The van der Waals surface area contributed by atoms with Gasteiger partial charge in [0.25, 0.3) is 0 Å². The molecule has 1 heterocycles. The molecule has 1 aromatic carbocycles. The van der Waals surface area contributed by atoms with Crippen LogP contribution in [0.25, 0.3) is 0 Å². The second-order valence-electron chi connectivity index (χ2n) is 5.61. The van der Waals surface area contributed by atoms with Crippen molar-refractivity contribution in [2.45, 2.75) is 44.9 Å². The van der Waals surface area contributed by atoms with Crippen molar-refractivity contribution in [3.8, 4) is 0 Å². The van der Waals surface area contributed by atoms with Gasteiger partial charge in [-0.2, -0.15) is 0 Å². The summed E-state index contributed by atoms with van der Waals surface area (Å²) in [5.41, 5.74) is 4.04. The van der Waals surface area contributed by atoms with Gasteiger partial charge >= 0.3 is 0 Å². The monoisotopic (exact) mass is 362 g/mol. The third-order valence-electron chi connectivity index (χ3n) is 4.15. The van der Waals surface area contributed by atoms with E-state index >= 15 is 0 Å². The molecule has 1 atom stereocenters. The van der Waals surface area contributed by atoms with E-state index in [1.165, 1.54) is 29.7 Å². The molecule has 3 rings (SSSR count). The van der Waals surface area contributed by atoms with E-state index in [-0.39, 0.29) is 0 Å². The number of halogens is 1. The van der Waals surface area contributed by atoms with Gasteiger partial charge in [0.1, 0.15) is 10.5 Å². The average molecular weight is 363 g/mol. The Kier molecular flexibility index (Phi) is 4.55. The summed E-state index contributed by atoms with van der Waals surface area (Å²) in [6, 6.07) is 8.72. The second kappa shape index (κ2) is 6.41. The first-order valence-corrected chi connectivity index (χ1v) is 8.77. The van der Waals surface area contributed by atoms with E-state index in [4.69, 9.17) is 12.2 Å². The average Bonchev–Trinajstić information content (AvgIpc) is 2.51. The number of nitrogens with one attached hydrogen (secondary N) is 1. The molecule has 0 saturated heterocycles. The largest absolute Gasteiger partial charge is 0.346 e. The third-order valence-corrected chi connectivity index (χ3v) is 5.57. The van der Waals surface area contributed by atoms with Crippen molar-refractivity contribution in [3.05, 3.63) is 56.0 Å². The van der Waals surface area contributed by atoms with E-state index in [2.05, 4.69) is 57.1 Å². The fourth-order valence-electron chi connectivity index (χ4n) is 3.15. The molecule has 2 aromatic rings. The van der Waals surface area contributed by atoms with Gasteiger partial charge in [0, 0.05) is 11.6 Å². The molecule has 4 heteroatoms. The predicted octanol–water partition coefficient (Wildman–Crippen LogP) is 5.32. The number of aromatic amines is 1. The van der Waals surface area contributed by atoms with Gasteiger partial charge in [0.2, 0.25) is 0 Å². The van der Waals surface area contributed by atoms with E-state index in [0.29, 0.717) is 10.6 Å². The fraction of sp³-hybridized carbons (Fsp3) is 0.412. The summed E-state index contributed by atoms with van der Waals surface area (Å²) in [6.45, 7) is 2.18. The zero-order valence-electron chi connectivity index (χ0n) is 12.2. The summed E-state index contributed by atoms with van der Waals surface area (Å²) >= 11 is 9.01. The van der Waals surface area contributed by atoms with Crippen molar-refractivity contribution in [2.75, 3.05) is 0 Å². The lowest BCUT2D eigenvalue weighted by Gasteiger charge is -2.25. The molecule has 110 valence electrons. The Hall–Kier alpha value is -1.00. The van der Waals surface area contributed by atoms with Crippen molar-refractivity contribution >= 4 is 28.1 Å². The van der Waals surface area contributed by atoms with E-state index in [1.807, 2.05) is 0 Å². The standard InChI is InChI=1S/C17H19BrN2S/c1-2-6-14-15(18)17(21)20-16(19-14)13-10-5-8-11-7-3-4-9-12(11)13/h3-4,7,9,13H,2,5-6,8,10H2,1H3,(H,19,20,21). The van der Waals surface area contributed by atoms with Gasteiger partial charge in [-0.3, -0.25) is 0 Å². The van der Waals surface area contributed by atoms with Crippen molar-refractivity contribution < 1.29 is 0 Å². The highest BCUT2D eigenvalue weighted by molar-refractivity contribution is 9.10. The molecular formula is C17H19BrN2S. The molecule has 0 radical (unpaired) electrons. The molecule has 0 bridgehead atoms. The number of H-pyrrole nitrogens is 1. The molecule has 0 spiro atoms. The lowest BCUT2D eigenvalue weighted by molar-refractivity contribution is 0.585. The van der Waals surface area contributed by atoms with Crippen LogP contribution in [-0.2, 0) is 12.8 Å². The minimum absolute atomic E-state index is 0.348. The van der Waals surface area contributed by atoms with Gasteiger partial charge in [-0.1, -0.05) is 49.8 Å². The summed E-state index contributed by atoms with van der Waals surface area (Å²) in [7, 11) is 0. The number of nitrogens with zero attached hydrogens (tertiary/aromatic N) is 1. The maximum absolute atomic E-state index is 5.43. The Morgan fingerprint density at radius 3 is 3.00 bits per heavy atom. The topological polar surface area (TPSA) is 28.7 Å². The molecule has 2 nitrogen and oxygen atoms in total. The first-order valence-electron chi connectivity index (χ1n) is 7.57. The molecule has 0 fully saturated rings. The molecular weight excluding hydrogens is 344 g/mol. The molecule has 1 unspecified atom stereocenters. The molecule has 1 aliphatic rings. The Balaban J connectivity index is 2.08. The van der Waals surface area contributed by atoms with E-state index < -0.39 is 0 Å². The Morgan fingerprint density at radius 2 is 2.19 bits per heavy atom. The van der Waals surface area contributed by atoms with Crippen molar-refractivity contribution in [3.63, 3.8) is 0 Å². The summed E-state index contributed by atoms with van der Waals surface area (Å²) < 4.78 is 1.63. The van der Waals surface area contributed by atoms with Crippen LogP contribution in [0.15, 0.2) is 28.7 Å². The van der Waals surface area contributed by atoms with E-state index in [1.54, 1.807) is 0 Å². The van der Waals surface area contributed by atoms with Gasteiger partial charge in [-0.15, -0.1) is 0 Å². The SMILES string of the molecule is CCCc1[nH]c(C2CCCc3ccccc32)nc(=S)c1Br. The van der Waals surface area contributed by atoms with Crippen molar-refractivity contribution in [2.24, 2.45) is 0 Å². The number of rotatable bonds is 3. The third kappa shape index (κ3) is 2.97. The molecule has 0 aliphatic heterocycles. The van der Waals surface area contributed by atoms with Crippen LogP contribution >= 0.6 is 28.1 Å². The van der Waals surface area contributed by atoms with Crippen LogP contribution in [0.5, 0.6) is 0 Å². The summed E-state index contributed by atoms with van der Waals surface area (Å²) in [6.07, 6.45) is 5.61. The number of aromatic nitrogens is 2. The number of benzene rings is 1. The predicted molar refractivity (Wildman–Crippen MR) is 92.3 cm³/mol. The molecule has 21 heavy (non-hydrogen) atoms. The quantitative estimate of drug-likeness (QED) is 0.748. The van der Waals surface area contributed by atoms with Crippen LogP contribution in [0.2, 0.25) is 0 Å². The van der Waals surface area contributed by atoms with Crippen molar-refractivity contribution in [1.29, 1.82) is 0 Å². The Morgan fingerprint density at radius 1 is 1.38 bits per heavy atom. The van der Waals surface area contributed by atoms with Crippen LogP contribution in [0.1, 0.15) is 54.7 Å². The molecule has 0 saturated carbocycles. The maximum atomic E-state index is 5.43. The smallest absolute Gasteiger partial charge is 0.144 e. The van der Waals surface area contributed by atoms with Gasteiger partial charge in [-0.05, 0) is 52.7 Å². The van der Waals surface area contributed by atoms with Crippen LogP contribution < -0.4 is 0 Å². The van der Waals surface area contributed by atoms with Crippen molar-refractivity contribution in [1.82, 2.24) is 9.97 Å². The van der Waals surface area contributed by atoms with E-state index in [0.717, 1.165) is 29.6 Å². The summed E-state index contributed by atoms with van der Waals surface area (Å²) in [5.74, 6) is 1.37. The van der Waals surface area contributed by atoms with E-state index in [9.17, 15) is 0 Å². The highest BCUT2D eigenvalue weighted by Gasteiger charge is 2.24. The first kappa shape index (κ1) is 14.9. The normalized spacial score (nSPS) is 17.5. The zero-order chi connectivity index (χ0) is 14.8. The minimum atomic E-state index is 0.348. The Bertz CT molecular complexity index is 708. The highest BCUT2D eigenvalue weighted by Crippen LogP contribution is 2.35. The molecule has 1 aliphatic carbocycles. The zero-order valence-corrected chi connectivity index (χ0v) is 14.6. The lowest BCUT2D eigenvalue weighted by atomic mass is 9.82. The van der Waals surface area contributed by atoms with Crippen LogP contribution in [0, 0.1) is 4.64 Å². The number of aryl methyl sites for hydroxylation is 2. The van der Waals surface area contributed by atoms with Crippen LogP contribution in [-0.4, -0.2) is 9.97 Å². The van der Waals surface area contributed by atoms with Crippen LogP contribution in [0.3, 0.4) is 0 Å². The van der Waals surface area contributed by atoms with Crippen LogP contribution in [0.4, 0.5) is 0 Å². The molecule has 1 N–H and O–H groups in total. The lowest BCUT2D eigenvalue weighted by Crippen LogP contribution is -2.15. The highest BCUT2D eigenvalue weighted by atomic mass is 79.9. The maximum Gasteiger partial charge on any atom is 0.144 e. The fourth-order valence-corrected chi connectivity index (χ4v) is 3.76. The van der Waals surface area contributed by atoms with Gasteiger partial charge in [0.15, 0.2) is 0 Å². The summed E-state index contributed by atoms with van der Waals surface area (Å²) in [4.78, 5) is 8.19. The second-order valence-corrected chi connectivity index (χ2v) is 6.79. The molecule has 1 aromatic heterocycles. The minimum Gasteiger partial charge on any atom is -0.346 e. The first-order chi connectivity index (χ1) is 10.2. The molecule has 0 amide bonds. The number of fused-ring (bicyclic) bond motifs is 1.